The maximum absolute atomic E-state index is 13.7. The summed E-state index contributed by atoms with van der Waals surface area (Å²) >= 11 is 0. The summed E-state index contributed by atoms with van der Waals surface area (Å²) in [5.74, 6) is -3.21. The Morgan fingerprint density at radius 3 is 2.25 bits per heavy atom. The Morgan fingerprint density at radius 2 is 1.70 bits per heavy atom. The molecule has 0 fully saturated rings. The lowest BCUT2D eigenvalue weighted by atomic mass is 10.2. The first-order valence-corrected chi connectivity index (χ1v) is 5.86. The summed E-state index contributed by atoms with van der Waals surface area (Å²) in [5, 5.41) is 0. The highest BCUT2D eigenvalue weighted by Crippen LogP contribution is 2.24. The second kappa shape index (κ2) is 6.14. The predicted octanol–water partition coefficient (Wildman–Crippen LogP) is 3.33. The monoisotopic (exact) mass is 278 g/mol. The average Bonchev–Trinajstić information content (AvgIpc) is 2.46. The van der Waals surface area contributed by atoms with E-state index >= 15 is 0 Å². The first kappa shape index (κ1) is 14.0. The number of rotatable bonds is 4. The number of carbonyl (C=O) groups is 1. The van der Waals surface area contributed by atoms with Crippen LogP contribution in [0.25, 0.3) is 0 Å². The Labute approximate surface area is 114 Å². The second-order valence-corrected chi connectivity index (χ2v) is 4.03. The molecule has 0 spiro atoms. The molecule has 0 aliphatic heterocycles. The van der Waals surface area contributed by atoms with Crippen molar-refractivity contribution in [1.29, 1.82) is 0 Å². The fraction of sp³-hybridized carbons (Fsp3) is 0.133. The zero-order valence-corrected chi connectivity index (χ0v) is 10.7. The van der Waals surface area contributed by atoms with E-state index in [1.165, 1.54) is 0 Å². The van der Waals surface area contributed by atoms with Gasteiger partial charge in [0.05, 0.1) is 12.7 Å². The lowest BCUT2D eigenvalue weighted by molar-refractivity contribution is 0.0599. The molecule has 0 amide bonds. The predicted molar refractivity (Wildman–Crippen MR) is 68.5 cm³/mol. The van der Waals surface area contributed by atoms with Crippen LogP contribution in [0.2, 0.25) is 0 Å². The molecule has 5 heteroatoms. The van der Waals surface area contributed by atoms with Gasteiger partial charge < -0.3 is 9.47 Å². The maximum atomic E-state index is 13.7. The number of halogens is 2. The second-order valence-electron chi connectivity index (χ2n) is 4.03. The van der Waals surface area contributed by atoms with Gasteiger partial charge in [0, 0.05) is 0 Å². The van der Waals surface area contributed by atoms with Crippen LogP contribution in [0.1, 0.15) is 15.9 Å². The maximum Gasteiger partial charge on any atom is 0.338 e. The van der Waals surface area contributed by atoms with E-state index in [2.05, 4.69) is 4.74 Å². The highest BCUT2D eigenvalue weighted by atomic mass is 19.1. The van der Waals surface area contributed by atoms with Crippen molar-refractivity contribution in [3.05, 3.63) is 65.2 Å². The van der Waals surface area contributed by atoms with Crippen LogP contribution >= 0.6 is 0 Å². The van der Waals surface area contributed by atoms with E-state index in [9.17, 15) is 13.6 Å². The van der Waals surface area contributed by atoms with Crippen molar-refractivity contribution in [2.75, 3.05) is 7.11 Å². The van der Waals surface area contributed by atoms with Gasteiger partial charge in [0.15, 0.2) is 17.4 Å². The molecule has 0 unspecified atom stereocenters. The number of hydrogen-bond donors (Lipinski definition) is 0. The van der Waals surface area contributed by atoms with Crippen molar-refractivity contribution in [2.45, 2.75) is 6.61 Å². The van der Waals surface area contributed by atoms with Crippen LogP contribution in [0, 0.1) is 11.6 Å². The first-order chi connectivity index (χ1) is 9.61. The van der Waals surface area contributed by atoms with Crippen LogP contribution in [0.5, 0.6) is 5.75 Å². The molecule has 0 N–H and O–H groups in total. The Balaban J connectivity index is 2.18. The molecule has 0 aliphatic carbocycles. The molecule has 2 aromatic rings. The number of carbonyl (C=O) groups excluding carboxylic acids is 1. The lowest BCUT2D eigenvalue weighted by Crippen LogP contribution is -2.05. The molecule has 0 saturated heterocycles. The molecule has 104 valence electrons. The van der Waals surface area contributed by atoms with E-state index in [1.54, 1.807) is 24.3 Å². The molecule has 0 aromatic heterocycles. The number of methoxy groups -OCH3 is 1. The molecule has 0 bridgehead atoms. The topological polar surface area (TPSA) is 35.5 Å². The Morgan fingerprint density at radius 1 is 1.10 bits per heavy atom. The number of benzene rings is 2. The minimum absolute atomic E-state index is 0.0340. The van der Waals surface area contributed by atoms with Crippen LogP contribution in [0.3, 0.4) is 0 Å². The summed E-state index contributed by atoms with van der Waals surface area (Å²) in [7, 11) is 1.14. The largest absolute Gasteiger partial charge is 0.483 e. The van der Waals surface area contributed by atoms with Gasteiger partial charge in [0.2, 0.25) is 0 Å². The third-order valence-corrected chi connectivity index (χ3v) is 2.65. The Hall–Kier alpha value is -2.43. The standard InChI is InChI=1S/C15H12F2O3/c1-19-15(18)11-7-12(16)14(13(17)8-11)20-9-10-5-3-2-4-6-10/h2-8H,9H2,1H3. The third kappa shape index (κ3) is 3.12. The van der Waals surface area contributed by atoms with Crippen molar-refractivity contribution in [2.24, 2.45) is 0 Å². The molecule has 0 saturated carbocycles. The van der Waals surface area contributed by atoms with Crippen molar-refractivity contribution >= 4 is 5.97 Å². The minimum Gasteiger partial charge on any atom is -0.483 e. The van der Waals surface area contributed by atoms with Crippen molar-refractivity contribution in [3.63, 3.8) is 0 Å². The summed E-state index contributed by atoms with van der Waals surface area (Å²) in [6.45, 7) is 0.0340. The van der Waals surface area contributed by atoms with Gasteiger partial charge in [0.1, 0.15) is 6.61 Å². The molecule has 2 aromatic carbocycles. The van der Waals surface area contributed by atoms with E-state index in [-0.39, 0.29) is 12.2 Å². The van der Waals surface area contributed by atoms with Gasteiger partial charge in [0.25, 0.3) is 0 Å². The quantitative estimate of drug-likeness (QED) is 0.805. The smallest absolute Gasteiger partial charge is 0.338 e. The molecule has 0 aliphatic rings. The third-order valence-electron chi connectivity index (χ3n) is 2.65. The molecule has 3 nitrogen and oxygen atoms in total. The van der Waals surface area contributed by atoms with Gasteiger partial charge in [-0.1, -0.05) is 30.3 Å². The van der Waals surface area contributed by atoms with E-state index < -0.39 is 23.4 Å². The summed E-state index contributed by atoms with van der Waals surface area (Å²) in [6, 6.07) is 10.7. The summed E-state index contributed by atoms with van der Waals surface area (Å²) in [6.07, 6.45) is 0. The van der Waals surface area contributed by atoms with E-state index in [4.69, 9.17) is 4.74 Å². The number of hydrogen-bond acceptors (Lipinski definition) is 3. The van der Waals surface area contributed by atoms with Gasteiger partial charge in [-0.3, -0.25) is 0 Å². The van der Waals surface area contributed by atoms with Crippen LogP contribution < -0.4 is 4.74 Å². The van der Waals surface area contributed by atoms with Crippen LogP contribution in [-0.2, 0) is 11.3 Å². The fourth-order valence-electron chi connectivity index (χ4n) is 1.66. The molecular formula is C15H12F2O3. The number of esters is 1. The highest BCUT2D eigenvalue weighted by Gasteiger charge is 2.16. The van der Waals surface area contributed by atoms with Crippen LogP contribution in [0.4, 0.5) is 8.78 Å². The van der Waals surface area contributed by atoms with Crippen molar-refractivity contribution in [1.82, 2.24) is 0 Å². The van der Waals surface area contributed by atoms with Crippen LogP contribution in [-0.4, -0.2) is 13.1 Å². The highest BCUT2D eigenvalue weighted by molar-refractivity contribution is 5.89. The lowest BCUT2D eigenvalue weighted by Gasteiger charge is -2.09. The molecule has 0 radical (unpaired) electrons. The zero-order valence-electron chi connectivity index (χ0n) is 10.7. The Kier molecular flexibility index (Phi) is 4.30. The molecule has 2 rings (SSSR count). The van der Waals surface area contributed by atoms with Gasteiger partial charge in [-0.2, -0.15) is 0 Å². The zero-order chi connectivity index (χ0) is 14.5. The molecule has 0 atom stereocenters. The molecule has 0 heterocycles. The van der Waals surface area contributed by atoms with E-state index in [1.807, 2.05) is 6.07 Å². The van der Waals surface area contributed by atoms with Gasteiger partial charge in [-0.05, 0) is 17.7 Å². The average molecular weight is 278 g/mol. The van der Waals surface area contributed by atoms with Crippen molar-refractivity contribution in [3.8, 4) is 5.75 Å². The summed E-state index contributed by atoms with van der Waals surface area (Å²) in [5.41, 5.74) is 0.581. The van der Waals surface area contributed by atoms with Gasteiger partial charge in [-0.15, -0.1) is 0 Å². The minimum atomic E-state index is -0.943. The summed E-state index contributed by atoms with van der Waals surface area (Å²) < 4.78 is 37.0. The van der Waals surface area contributed by atoms with Crippen molar-refractivity contribution < 1.29 is 23.0 Å². The number of ether oxygens (including phenoxy) is 2. The molecular weight excluding hydrogens is 266 g/mol. The fourth-order valence-corrected chi connectivity index (χ4v) is 1.66. The summed E-state index contributed by atoms with van der Waals surface area (Å²) in [4.78, 5) is 11.2. The normalized spacial score (nSPS) is 10.2. The Bertz CT molecular complexity index is 589. The van der Waals surface area contributed by atoms with Gasteiger partial charge >= 0.3 is 5.97 Å². The SMILES string of the molecule is COC(=O)c1cc(F)c(OCc2ccccc2)c(F)c1. The van der Waals surface area contributed by atoms with E-state index in [0.717, 1.165) is 24.8 Å². The van der Waals surface area contributed by atoms with Gasteiger partial charge in [-0.25, -0.2) is 13.6 Å². The molecule has 20 heavy (non-hydrogen) atoms. The van der Waals surface area contributed by atoms with E-state index in [0.29, 0.717) is 0 Å². The first-order valence-electron chi connectivity index (χ1n) is 5.86. The van der Waals surface area contributed by atoms with Crippen LogP contribution in [0.15, 0.2) is 42.5 Å².